The van der Waals surface area contributed by atoms with Gasteiger partial charge in [-0.05, 0) is 63.1 Å². The van der Waals surface area contributed by atoms with E-state index in [9.17, 15) is 5.26 Å². The summed E-state index contributed by atoms with van der Waals surface area (Å²) in [7, 11) is 1.70. The lowest BCUT2D eigenvalue weighted by Gasteiger charge is -2.43. The van der Waals surface area contributed by atoms with Gasteiger partial charge in [0.25, 0.3) is 5.88 Å². The van der Waals surface area contributed by atoms with Gasteiger partial charge in [0.15, 0.2) is 0 Å². The van der Waals surface area contributed by atoms with Gasteiger partial charge in [0, 0.05) is 49.1 Å². The minimum Gasteiger partial charge on any atom is -0.487 e. The number of anilines is 2. The van der Waals surface area contributed by atoms with Crippen LogP contribution in [-0.4, -0.2) is 97.2 Å². The summed E-state index contributed by atoms with van der Waals surface area (Å²) >= 11 is 0. The molecule has 3 aliphatic rings. The van der Waals surface area contributed by atoms with Gasteiger partial charge in [0.05, 0.1) is 50.8 Å². The van der Waals surface area contributed by atoms with Crippen molar-refractivity contribution in [2.75, 3.05) is 38.9 Å². The third-order valence-electron chi connectivity index (χ3n) is 9.99. The number of nitriles is 1. The maximum atomic E-state index is 9.70. The minimum absolute atomic E-state index is 0.208. The fourth-order valence-electron chi connectivity index (χ4n) is 7.58. The zero-order valence-electron chi connectivity index (χ0n) is 29.0. The molecule has 4 aromatic rings. The van der Waals surface area contributed by atoms with Crippen molar-refractivity contribution in [3.63, 3.8) is 0 Å². The Bertz CT molecular complexity index is 1720. The molecule has 14 heteroatoms. The Balaban J connectivity index is 1.04. The van der Waals surface area contributed by atoms with Crippen molar-refractivity contribution < 1.29 is 18.9 Å². The van der Waals surface area contributed by atoms with Crippen LogP contribution >= 0.6 is 0 Å². The summed E-state index contributed by atoms with van der Waals surface area (Å²) < 4.78 is 27.3. The predicted molar refractivity (Wildman–Crippen MR) is 185 cm³/mol. The maximum absolute atomic E-state index is 9.70. The Morgan fingerprint density at radius 3 is 2.42 bits per heavy atom. The molecule has 50 heavy (non-hydrogen) atoms. The van der Waals surface area contributed by atoms with Crippen LogP contribution < -0.4 is 14.8 Å². The number of nitrogens with zero attached hydrogens (tertiary/aromatic N) is 9. The molecule has 2 unspecified atom stereocenters. The average Bonchev–Trinajstić information content (AvgIpc) is 3.85. The molecule has 5 heterocycles. The van der Waals surface area contributed by atoms with Crippen molar-refractivity contribution in [3.8, 4) is 28.8 Å². The molecule has 7 rings (SSSR count). The summed E-state index contributed by atoms with van der Waals surface area (Å²) in [4.78, 5) is 16.0. The van der Waals surface area contributed by atoms with Gasteiger partial charge >= 0.3 is 0 Å². The first kappa shape index (κ1) is 33.9. The van der Waals surface area contributed by atoms with E-state index in [1.807, 2.05) is 25.3 Å². The number of hydrogen-bond acceptors (Lipinski definition) is 12. The van der Waals surface area contributed by atoms with E-state index in [1.165, 1.54) is 19.2 Å². The first-order chi connectivity index (χ1) is 24.5. The van der Waals surface area contributed by atoms with E-state index in [4.69, 9.17) is 24.0 Å². The van der Waals surface area contributed by atoms with Crippen LogP contribution in [0.1, 0.15) is 64.0 Å². The van der Waals surface area contributed by atoms with Crippen molar-refractivity contribution in [3.05, 3.63) is 55.0 Å². The Morgan fingerprint density at radius 2 is 1.72 bits per heavy atom. The van der Waals surface area contributed by atoms with E-state index in [0.29, 0.717) is 67.1 Å². The van der Waals surface area contributed by atoms with Crippen LogP contribution in [0.15, 0.2) is 49.4 Å². The minimum atomic E-state index is -0.230. The van der Waals surface area contributed by atoms with Crippen LogP contribution in [0.4, 0.5) is 11.6 Å². The number of hydrogen-bond donors (Lipinski definition) is 1. The summed E-state index contributed by atoms with van der Waals surface area (Å²) in [5, 5.41) is 22.1. The lowest BCUT2D eigenvalue weighted by atomic mass is 9.89. The molecular weight excluding hydrogens is 636 g/mol. The highest BCUT2D eigenvalue weighted by molar-refractivity contribution is 5.67. The smallest absolute Gasteiger partial charge is 0.256 e. The van der Waals surface area contributed by atoms with Crippen LogP contribution in [-0.2, 0) is 16.0 Å². The third-order valence-corrected chi connectivity index (χ3v) is 9.99. The molecule has 3 fully saturated rings. The van der Waals surface area contributed by atoms with Gasteiger partial charge < -0.3 is 24.3 Å². The summed E-state index contributed by atoms with van der Waals surface area (Å²) in [6.07, 6.45) is 15.4. The van der Waals surface area contributed by atoms with Gasteiger partial charge in [0.1, 0.15) is 36.3 Å². The maximum Gasteiger partial charge on any atom is 0.256 e. The second-order valence-electron chi connectivity index (χ2n) is 13.8. The van der Waals surface area contributed by atoms with Crippen LogP contribution in [0.5, 0.6) is 11.6 Å². The van der Waals surface area contributed by atoms with E-state index in [2.05, 4.69) is 47.9 Å². The number of ether oxygens (including phenoxy) is 4. The summed E-state index contributed by atoms with van der Waals surface area (Å²) in [6, 6.07) is 9.78. The molecule has 2 saturated heterocycles. The molecule has 0 amide bonds. The Hall–Kier alpha value is -4.58. The van der Waals surface area contributed by atoms with E-state index in [1.54, 1.807) is 36.6 Å². The van der Waals surface area contributed by atoms with E-state index in [-0.39, 0.29) is 12.0 Å². The fourth-order valence-corrected chi connectivity index (χ4v) is 7.58. The molecule has 14 nitrogen and oxygen atoms in total. The number of methoxy groups -OCH3 is 1. The number of aromatic nitrogens is 7. The summed E-state index contributed by atoms with van der Waals surface area (Å²) in [6.45, 7) is 7.36. The predicted octanol–water partition coefficient (Wildman–Crippen LogP) is 5.02. The molecule has 2 aliphatic heterocycles. The largest absolute Gasteiger partial charge is 0.487 e. The zero-order chi connectivity index (χ0) is 34.5. The molecule has 0 radical (unpaired) electrons. The first-order valence-electron chi connectivity index (χ1n) is 17.7. The first-order valence-corrected chi connectivity index (χ1v) is 17.7. The lowest BCUT2D eigenvalue weighted by Crippen LogP contribution is -2.52. The quantitative estimate of drug-likeness (QED) is 0.190. The molecule has 1 saturated carbocycles. The van der Waals surface area contributed by atoms with Gasteiger partial charge in [-0.15, -0.1) is 5.10 Å². The Labute approximate surface area is 292 Å². The van der Waals surface area contributed by atoms with E-state index < -0.39 is 0 Å². The molecule has 0 spiro atoms. The highest BCUT2D eigenvalue weighted by atomic mass is 16.5. The van der Waals surface area contributed by atoms with Crippen LogP contribution in [0.3, 0.4) is 0 Å². The van der Waals surface area contributed by atoms with Gasteiger partial charge in [-0.1, -0.05) is 13.0 Å². The van der Waals surface area contributed by atoms with Gasteiger partial charge in [-0.3, -0.25) is 9.58 Å². The molecule has 1 aromatic carbocycles. The summed E-state index contributed by atoms with van der Waals surface area (Å²) in [5.74, 6) is 1.66. The molecule has 264 valence electrons. The molecule has 3 aromatic heterocycles. The lowest BCUT2D eigenvalue weighted by molar-refractivity contribution is -0.0458. The van der Waals surface area contributed by atoms with Gasteiger partial charge in [-0.2, -0.15) is 10.4 Å². The molecule has 1 N–H and O–H groups in total. The van der Waals surface area contributed by atoms with E-state index in [0.717, 1.165) is 55.7 Å². The van der Waals surface area contributed by atoms with Gasteiger partial charge in [0.2, 0.25) is 5.95 Å². The van der Waals surface area contributed by atoms with E-state index >= 15 is 0 Å². The van der Waals surface area contributed by atoms with Crippen LogP contribution in [0.2, 0.25) is 0 Å². The standard InChI is InChI=1S/C36H46N10O4/c1-24(18-47-3)19-49-35-33(17-45(43-35)29-6-8-30(9-7-29)46-31-10-11-32(46)21-48-20-31)42-36-39-14-28(15-40-36)26-4-5-27(13-37)34(12-26)50-25(2)16-44-23-38-22-41-44/h4-5,12,14-15,17,22-25,29-32H,6-11,16,18-21H2,1-3H3,(H,39,40,42)/t24?,25?,29?,30?,31-,32+. The SMILES string of the molecule is COCC(C)COc1nn(C2CCC(N3[C@@H]4CC[C@H]3COC4)CC2)cc1Nc1ncc(-c2ccc(C#N)c(OC(C)Cn3cncn3)c2)cn1. The van der Waals surface area contributed by atoms with Crippen LogP contribution in [0.25, 0.3) is 11.1 Å². The third kappa shape index (κ3) is 7.75. The van der Waals surface area contributed by atoms with Crippen LogP contribution in [0, 0.1) is 17.2 Å². The Kier molecular flexibility index (Phi) is 10.5. The number of morpholine rings is 1. The second kappa shape index (κ2) is 15.5. The normalized spacial score (nSPS) is 23.2. The number of fused-ring (bicyclic) bond motifs is 2. The molecule has 2 bridgehead atoms. The second-order valence-corrected chi connectivity index (χ2v) is 13.8. The number of rotatable bonds is 14. The summed E-state index contributed by atoms with van der Waals surface area (Å²) in [5.41, 5.74) is 2.80. The zero-order valence-corrected chi connectivity index (χ0v) is 29.0. The van der Waals surface area contributed by atoms with Crippen molar-refractivity contribution in [2.24, 2.45) is 5.92 Å². The van der Waals surface area contributed by atoms with Crippen molar-refractivity contribution in [1.29, 1.82) is 5.26 Å². The monoisotopic (exact) mass is 682 g/mol. The van der Waals surface area contributed by atoms with Crippen molar-refractivity contribution in [2.45, 2.75) is 89.2 Å². The fraction of sp³-hybridized carbons (Fsp3) is 0.556. The topological polar surface area (TPSA) is 150 Å². The molecule has 4 atom stereocenters. The average molecular weight is 683 g/mol. The number of benzene rings is 1. The number of nitrogens with one attached hydrogen (secondary N) is 1. The Morgan fingerprint density at radius 1 is 0.980 bits per heavy atom. The van der Waals surface area contributed by atoms with Crippen molar-refractivity contribution in [1.82, 2.24) is 39.4 Å². The molecular formula is C36H46N10O4. The highest BCUT2D eigenvalue weighted by Gasteiger charge is 2.42. The molecule has 1 aliphatic carbocycles. The van der Waals surface area contributed by atoms with Gasteiger partial charge in [-0.25, -0.2) is 19.6 Å². The van der Waals surface area contributed by atoms with Crippen molar-refractivity contribution >= 4 is 11.6 Å². The highest BCUT2D eigenvalue weighted by Crippen LogP contribution is 2.39.